The number of alkyl halides is 9. The first kappa shape index (κ1) is 24.4. The van der Waals surface area contributed by atoms with E-state index in [1.54, 1.807) is 12.1 Å². The summed E-state index contributed by atoms with van der Waals surface area (Å²) in [5, 5.41) is 0.203. The quantitative estimate of drug-likeness (QED) is 0.563. The smallest absolute Gasteiger partial charge is 0.316 e. The van der Waals surface area contributed by atoms with Crippen molar-refractivity contribution in [1.29, 1.82) is 0 Å². The zero-order chi connectivity index (χ0) is 23.5. The predicted molar refractivity (Wildman–Crippen MR) is 91.6 cm³/mol. The highest BCUT2D eigenvalue weighted by Gasteiger charge is 2.85. The van der Waals surface area contributed by atoms with Crippen molar-refractivity contribution in [3.63, 3.8) is 0 Å². The van der Waals surface area contributed by atoms with E-state index in [-0.39, 0.29) is 16.4 Å². The fourth-order valence-electron chi connectivity index (χ4n) is 2.74. The molecule has 0 bridgehead atoms. The van der Waals surface area contributed by atoms with Crippen LogP contribution in [0.4, 0.5) is 44.3 Å². The van der Waals surface area contributed by atoms with Crippen LogP contribution in [-0.2, 0) is 13.1 Å². The van der Waals surface area contributed by atoms with Crippen LogP contribution in [0.2, 0.25) is 0 Å². The first-order valence-electron chi connectivity index (χ1n) is 8.54. The van der Waals surface area contributed by atoms with Gasteiger partial charge in [-0.3, -0.25) is 0 Å². The summed E-state index contributed by atoms with van der Waals surface area (Å²) in [6.07, 6.45) is -20.7. The molecule has 0 fully saturated rings. The maximum absolute atomic E-state index is 13.2. The van der Waals surface area contributed by atoms with E-state index in [1.807, 2.05) is 0 Å². The Morgan fingerprint density at radius 2 is 0.968 bits per heavy atom. The van der Waals surface area contributed by atoms with E-state index in [2.05, 4.69) is 0 Å². The number of hydrogen-bond donors (Lipinski definition) is 1. The lowest BCUT2D eigenvalue weighted by atomic mass is 9.97. The standard InChI is InChI=1S/C19H15F9N2O/c20-17(21,22)16(18(23,24)25,19(26,27)28)29-15(31)30(11-13-7-3-1-4-8-13)12-14-9-5-2-6-10-14/h1-10H,11-12H2,(H,29,31). The van der Waals surface area contributed by atoms with Gasteiger partial charge in [-0.25, -0.2) is 4.79 Å². The molecule has 0 heterocycles. The van der Waals surface area contributed by atoms with Crippen LogP contribution in [0.25, 0.3) is 0 Å². The van der Waals surface area contributed by atoms with Crippen LogP contribution < -0.4 is 5.32 Å². The normalized spacial score (nSPS) is 13.1. The van der Waals surface area contributed by atoms with Crippen LogP contribution in [-0.4, -0.2) is 35.0 Å². The van der Waals surface area contributed by atoms with Gasteiger partial charge in [-0.15, -0.1) is 0 Å². The average molecular weight is 458 g/mol. The summed E-state index contributed by atoms with van der Waals surface area (Å²) in [4.78, 5) is 12.9. The Balaban J connectivity index is 2.48. The third-order valence-electron chi connectivity index (χ3n) is 4.29. The van der Waals surface area contributed by atoms with Gasteiger partial charge in [0.25, 0.3) is 0 Å². The Labute approximate surface area is 170 Å². The van der Waals surface area contributed by atoms with Gasteiger partial charge in [0.15, 0.2) is 0 Å². The van der Waals surface area contributed by atoms with Crippen LogP contribution in [0.3, 0.4) is 0 Å². The molecule has 31 heavy (non-hydrogen) atoms. The number of carbonyl (C=O) groups is 1. The number of benzene rings is 2. The highest BCUT2D eigenvalue weighted by Crippen LogP contribution is 2.52. The fourth-order valence-corrected chi connectivity index (χ4v) is 2.74. The largest absolute Gasteiger partial charge is 0.429 e. The summed E-state index contributed by atoms with van der Waals surface area (Å²) in [6.45, 7) is -1.07. The number of urea groups is 1. The summed E-state index contributed by atoms with van der Waals surface area (Å²) in [5.74, 6) is 0. The Morgan fingerprint density at radius 1 is 0.645 bits per heavy atom. The topological polar surface area (TPSA) is 32.3 Å². The van der Waals surface area contributed by atoms with Crippen LogP contribution >= 0.6 is 0 Å². The summed E-state index contributed by atoms with van der Waals surface area (Å²) in [5.41, 5.74) is -5.87. The summed E-state index contributed by atoms with van der Waals surface area (Å²) in [7, 11) is 0. The van der Waals surface area contributed by atoms with E-state index in [9.17, 15) is 44.3 Å². The monoisotopic (exact) mass is 458 g/mol. The van der Waals surface area contributed by atoms with Crippen LogP contribution in [0, 0.1) is 0 Å². The highest BCUT2D eigenvalue weighted by atomic mass is 19.4. The van der Waals surface area contributed by atoms with Crippen LogP contribution in [0.1, 0.15) is 11.1 Å². The first-order valence-corrected chi connectivity index (χ1v) is 8.54. The predicted octanol–water partition coefficient (Wildman–Crippen LogP) is 5.82. The zero-order valence-electron chi connectivity index (χ0n) is 15.4. The lowest BCUT2D eigenvalue weighted by Crippen LogP contribution is -2.76. The zero-order valence-corrected chi connectivity index (χ0v) is 15.4. The van der Waals surface area contributed by atoms with E-state index in [0.717, 1.165) is 0 Å². The number of halogens is 9. The molecule has 2 amide bonds. The minimum absolute atomic E-state index is 0.203. The fraction of sp³-hybridized carbons (Fsp3) is 0.316. The van der Waals surface area contributed by atoms with Gasteiger partial charge in [-0.1, -0.05) is 60.7 Å². The van der Waals surface area contributed by atoms with Gasteiger partial charge in [0, 0.05) is 13.1 Å². The van der Waals surface area contributed by atoms with E-state index in [1.165, 1.54) is 48.5 Å². The molecule has 0 radical (unpaired) electrons. The van der Waals surface area contributed by atoms with Gasteiger partial charge >= 0.3 is 30.1 Å². The molecule has 0 aliphatic rings. The summed E-state index contributed by atoms with van der Waals surface area (Å²) >= 11 is 0. The molecule has 0 saturated carbocycles. The molecule has 0 atom stereocenters. The van der Waals surface area contributed by atoms with Gasteiger partial charge in [-0.2, -0.15) is 39.5 Å². The van der Waals surface area contributed by atoms with Gasteiger partial charge in [0.1, 0.15) is 0 Å². The number of amides is 2. The molecule has 1 N–H and O–H groups in total. The van der Waals surface area contributed by atoms with Gasteiger partial charge in [0.05, 0.1) is 0 Å². The minimum Gasteiger partial charge on any atom is -0.316 e. The molecule has 2 rings (SSSR count). The van der Waals surface area contributed by atoms with Crippen molar-refractivity contribution in [2.24, 2.45) is 0 Å². The van der Waals surface area contributed by atoms with E-state index < -0.39 is 43.2 Å². The molecule has 0 saturated heterocycles. The SMILES string of the molecule is O=C(NC(C(F)(F)F)(C(F)(F)F)C(F)(F)F)N(Cc1ccccc1)Cc1ccccc1. The molecule has 2 aromatic carbocycles. The molecule has 0 unspecified atom stereocenters. The molecule has 0 aliphatic carbocycles. The minimum atomic E-state index is -6.90. The molecule has 3 nitrogen and oxygen atoms in total. The van der Waals surface area contributed by atoms with E-state index >= 15 is 0 Å². The third kappa shape index (κ3) is 5.23. The maximum atomic E-state index is 13.2. The Kier molecular flexibility index (Phi) is 6.81. The van der Waals surface area contributed by atoms with Crippen molar-refractivity contribution in [2.75, 3.05) is 0 Å². The second-order valence-electron chi connectivity index (χ2n) is 6.50. The van der Waals surface area contributed by atoms with Gasteiger partial charge in [-0.05, 0) is 11.1 Å². The Morgan fingerprint density at radius 3 is 1.26 bits per heavy atom. The lowest BCUT2D eigenvalue weighted by Gasteiger charge is -2.40. The Bertz CT molecular complexity index is 784. The maximum Gasteiger partial charge on any atom is 0.429 e. The van der Waals surface area contributed by atoms with Crippen molar-refractivity contribution in [2.45, 2.75) is 37.2 Å². The van der Waals surface area contributed by atoms with Crippen molar-refractivity contribution < 1.29 is 44.3 Å². The van der Waals surface area contributed by atoms with Crippen LogP contribution in [0.5, 0.6) is 0 Å². The molecular weight excluding hydrogens is 443 g/mol. The lowest BCUT2D eigenvalue weighted by molar-refractivity contribution is -0.386. The molecule has 170 valence electrons. The van der Waals surface area contributed by atoms with E-state index in [4.69, 9.17) is 0 Å². The van der Waals surface area contributed by atoms with Crippen molar-refractivity contribution in [3.05, 3.63) is 71.8 Å². The number of nitrogens with one attached hydrogen (secondary N) is 1. The second-order valence-corrected chi connectivity index (χ2v) is 6.50. The van der Waals surface area contributed by atoms with Crippen LogP contribution in [0.15, 0.2) is 60.7 Å². The molecule has 0 aliphatic heterocycles. The molecular formula is C19H15F9N2O. The number of nitrogens with zero attached hydrogens (tertiary/aromatic N) is 1. The molecule has 2 aromatic rings. The second kappa shape index (κ2) is 8.67. The Hall–Kier alpha value is -2.92. The number of carbonyl (C=O) groups excluding carboxylic acids is 1. The average Bonchev–Trinajstić information content (AvgIpc) is 2.64. The highest BCUT2D eigenvalue weighted by molar-refractivity contribution is 5.75. The van der Waals surface area contributed by atoms with Gasteiger partial charge in [0.2, 0.25) is 0 Å². The van der Waals surface area contributed by atoms with E-state index in [0.29, 0.717) is 4.90 Å². The first-order chi connectivity index (χ1) is 14.2. The van der Waals surface area contributed by atoms with Gasteiger partial charge < -0.3 is 10.2 Å². The third-order valence-corrected chi connectivity index (χ3v) is 4.29. The number of rotatable bonds is 5. The molecule has 0 aromatic heterocycles. The number of hydrogen-bond acceptors (Lipinski definition) is 1. The molecule has 0 spiro atoms. The van der Waals surface area contributed by atoms with Crippen molar-refractivity contribution >= 4 is 6.03 Å². The molecule has 12 heteroatoms. The van der Waals surface area contributed by atoms with Crippen molar-refractivity contribution in [1.82, 2.24) is 10.2 Å². The summed E-state index contributed by atoms with van der Waals surface area (Å²) in [6, 6.07) is 12.5. The summed E-state index contributed by atoms with van der Waals surface area (Å²) < 4.78 is 119. The van der Waals surface area contributed by atoms with Crippen molar-refractivity contribution in [3.8, 4) is 0 Å².